The number of carbonyl (C=O) groups excluding carboxylic acids is 3. The zero-order chi connectivity index (χ0) is 20.6. The summed E-state index contributed by atoms with van der Waals surface area (Å²) in [5.74, 6) is -4.31. The van der Waals surface area contributed by atoms with Crippen LogP contribution in [0.2, 0.25) is 5.02 Å². The minimum absolute atomic E-state index is 0.123. The van der Waals surface area contributed by atoms with E-state index >= 15 is 0 Å². The number of anilines is 1. The predicted octanol–water partition coefficient (Wildman–Crippen LogP) is 3.16. The maximum atomic E-state index is 14.1. The summed E-state index contributed by atoms with van der Waals surface area (Å²) in [6.07, 6.45) is 0. The van der Waals surface area contributed by atoms with E-state index in [0.29, 0.717) is 4.90 Å². The van der Waals surface area contributed by atoms with E-state index in [1.807, 2.05) is 0 Å². The van der Waals surface area contributed by atoms with E-state index in [-0.39, 0.29) is 16.3 Å². The first kappa shape index (κ1) is 19.7. The topological polar surface area (TPSA) is 78.5 Å². The Morgan fingerprint density at radius 2 is 1.86 bits per heavy atom. The van der Waals surface area contributed by atoms with E-state index in [9.17, 15) is 27.6 Å². The fourth-order valence-corrected chi connectivity index (χ4v) is 2.99. The van der Waals surface area contributed by atoms with Crippen molar-refractivity contribution in [1.29, 1.82) is 0 Å². The molecular weight excluding hydrogens is 399 g/mol. The van der Waals surface area contributed by atoms with Crippen LogP contribution in [-0.4, -0.2) is 29.3 Å². The van der Waals surface area contributed by atoms with Crippen LogP contribution in [0.1, 0.15) is 12.5 Å². The van der Waals surface area contributed by atoms with Gasteiger partial charge in [-0.05, 0) is 43.3 Å². The Balaban J connectivity index is 1.80. The monoisotopic (exact) mass is 411 g/mol. The summed E-state index contributed by atoms with van der Waals surface area (Å²) in [5.41, 5.74) is -2.47. The van der Waals surface area contributed by atoms with Gasteiger partial charge in [-0.1, -0.05) is 11.6 Å². The van der Waals surface area contributed by atoms with Crippen LogP contribution in [0, 0.1) is 17.5 Å². The lowest BCUT2D eigenvalue weighted by Crippen LogP contribution is -2.42. The van der Waals surface area contributed by atoms with Crippen molar-refractivity contribution in [1.82, 2.24) is 10.2 Å². The van der Waals surface area contributed by atoms with Gasteiger partial charge in [0, 0.05) is 10.6 Å². The molecule has 3 rings (SSSR count). The van der Waals surface area contributed by atoms with Gasteiger partial charge in [0.05, 0.1) is 5.69 Å². The van der Waals surface area contributed by atoms with Crippen molar-refractivity contribution >= 4 is 35.1 Å². The Labute approximate surface area is 162 Å². The highest BCUT2D eigenvalue weighted by molar-refractivity contribution is 6.30. The Kier molecular flexibility index (Phi) is 5.03. The molecule has 1 aliphatic heterocycles. The zero-order valence-electron chi connectivity index (χ0n) is 14.4. The van der Waals surface area contributed by atoms with Crippen LogP contribution in [0.5, 0.6) is 0 Å². The van der Waals surface area contributed by atoms with Gasteiger partial charge in [-0.25, -0.2) is 18.0 Å². The molecular formula is C18H13ClF3N3O3. The number of rotatable bonds is 4. The Bertz CT molecular complexity index is 1000. The normalized spacial score (nSPS) is 19.0. The van der Waals surface area contributed by atoms with Crippen LogP contribution in [-0.2, 0) is 15.1 Å². The molecule has 28 heavy (non-hydrogen) atoms. The number of halogens is 4. The van der Waals surface area contributed by atoms with Crippen LogP contribution < -0.4 is 10.6 Å². The molecule has 0 bridgehead atoms. The number of imide groups is 1. The average molecular weight is 412 g/mol. The predicted molar refractivity (Wildman–Crippen MR) is 94.0 cm³/mol. The van der Waals surface area contributed by atoms with Gasteiger partial charge in [0.1, 0.15) is 29.5 Å². The lowest BCUT2D eigenvalue weighted by atomic mass is 9.91. The van der Waals surface area contributed by atoms with Crippen molar-refractivity contribution in [2.45, 2.75) is 12.5 Å². The van der Waals surface area contributed by atoms with Crippen LogP contribution >= 0.6 is 11.6 Å². The molecule has 1 atom stereocenters. The molecule has 146 valence electrons. The minimum Gasteiger partial charge on any atom is -0.322 e. The van der Waals surface area contributed by atoms with Crippen LogP contribution in [0.4, 0.5) is 23.7 Å². The first-order valence-electron chi connectivity index (χ1n) is 7.96. The number of nitrogens with one attached hydrogen (secondary N) is 2. The lowest BCUT2D eigenvalue weighted by molar-refractivity contribution is -0.133. The summed E-state index contributed by atoms with van der Waals surface area (Å²) in [7, 11) is 0. The molecule has 0 spiro atoms. The first-order valence-corrected chi connectivity index (χ1v) is 8.34. The maximum absolute atomic E-state index is 14.1. The Morgan fingerprint density at radius 3 is 2.54 bits per heavy atom. The third-order valence-electron chi connectivity index (χ3n) is 4.25. The van der Waals surface area contributed by atoms with E-state index in [0.717, 1.165) is 24.3 Å². The van der Waals surface area contributed by atoms with E-state index < -0.39 is 47.4 Å². The van der Waals surface area contributed by atoms with Crippen molar-refractivity contribution in [3.05, 3.63) is 64.4 Å². The number of benzene rings is 2. The molecule has 1 heterocycles. The molecule has 10 heteroatoms. The molecule has 1 aliphatic rings. The molecule has 1 fully saturated rings. The van der Waals surface area contributed by atoms with Gasteiger partial charge in [0.25, 0.3) is 5.91 Å². The lowest BCUT2D eigenvalue weighted by Gasteiger charge is -2.22. The fraction of sp³-hybridized carbons (Fsp3) is 0.167. The summed E-state index contributed by atoms with van der Waals surface area (Å²) >= 11 is 5.63. The fourth-order valence-electron chi connectivity index (χ4n) is 2.83. The second kappa shape index (κ2) is 7.16. The van der Waals surface area contributed by atoms with Crippen molar-refractivity contribution in [2.24, 2.45) is 0 Å². The van der Waals surface area contributed by atoms with E-state index in [1.165, 1.54) is 19.1 Å². The van der Waals surface area contributed by atoms with E-state index in [1.54, 1.807) is 0 Å². The van der Waals surface area contributed by atoms with Gasteiger partial charge in [-0.15, -0.1) is 0 Å². The molecule has 2 N–H and O–H groups in total. The smallest absolute Gasteiger partial charge is 0.322 e. The second-order valence-corrected chi connectivity index (χ2v) is 6.68. The van der Waals surface area contributed by atoms with Gasteiger partial charge in [0.15, 0.2) is 0 Å². The quantitative estimate of drug-likeness (QED) is 0.759. The number of urea groups is 1. The molecule has 0 aliphatic carbocycles. The largest absolute Gasteiger partial charge is 0.325 e. The summed E-state index contributed by atoms with van der Waals surface area (Å²) in [6.45, 7) is 0.446. The summed E-state index contributed by atoms with van der Waals surface area (Å²) in [4.78, 5) is 37.5. The third-order valence-corrected chi connectivity index (χ3v) is 4.48. The molecule has 6 nitrogen and oxygen atoms in total. The highest BCUT2D eigenvalue weighted by Gasteiger charge is 2.50. The van der Waals surface area contributed by atoms with Gasteiger partial charge >= 0.3 is 6.03 Å². The number of hydrogen-bond acceptors (Lipinski definition) is 3. The first-order chi connectivity index (χ1) is 13.1. The second-order valence-electron chi connectivity index (χ2n) is 6.24. The van der Waals surface area contributed by atoms with Crippen LogP contribution in [0.25, 0.3) is 0 Å². The van der Waals surface area contributed by atoms with E-state index in [4.69, 9.17) is 11.6 Å². The average Bonchev–Trinajstić information content (AvgIpc) is 2.83. The SMILES string of the molecule is C[C@@]1(c2cc(F)ccc2F)NC(=O)N(CC(=O)Nc2ccc(Cl)cc2F)C1=O. The van der Waals surface area contributed by atoms with Crippen LogP contribution in [0.15, 0.2) is 36.4 Å². The summed E-state index contributed by atoms with van der Waals surface area (Å²) < 4.78 is 41.4. The zero-order valence-corrected chi connectivity index (χ0v) is 15.1. The number of hydrogen-bond donors (Lipinski definition) is 2. The molecule has 0 aromatic heterocycles. The summed E-state index contributed by atoms with van der Waals surface area (Å²) in [6, 6.07) is 5.06. The van der Waals surface area contributed by atoms with Gasteiger partial charge in [0.2, 0.25) is 5.91 Å². The van der Waals surface area contributed by atoms with Crippen molar-refractivity contribution in [2.75, 3.05) is 11.9 Å². The number of nitrogens with zero attached hydrogens (tertiary/aromatic N) is 1. The molecule has 0 saturated carbocycles. The number of carbonyl (C=O) groups is 3. The molecule has 4 amide bonds. The molecule has 2 aromatic rings. The van der Waals surface area contributed by atoms with Crippen LogP contribution in [0.3, 0.4) is 0 Å². The van der Waals surface area contributed by atoms with Crippen molar-refractivity contribution in [3.8, 4) is 0 Å². The highest BCUT2D eigenvalue weighted by atomic mass is 35.5. The van der Waals surface area contributed by atoms with Crippen molar-refractivity contribution in [3.63, 3.8) is 0 Å². The Hall–Kier alpha value is -3.07. The van der Waals surface area contributed by atoms with Gasteiger partial charge < -0.3 is 10.6 Å². The Morgan fingerprint density at radius 1 is 1.14 bits per heavy atom. The van der Waals surface area contributed by atoms with Gasteiger partial charge in [-0.2, -0.15) is 0 Å². The summed E-state index contributed by atoms with van der Waals surface area (Å²) in [5, 5.41) is 4.60. The standard InChI is InChI=1S/C18H13ClF3N3O3/c1-18(11-7-10(20)3-4-12(11)21)16(27)25(17(28)24-18)8-15(26)23-14-5-2-9(19)6-13(14)22/h2-7H,8H2,1H3,(H,23,26)(H,24,28)/t18-/m0/s1. The van der Waals surface area contributed by atoms with Gasteiger partial charge in [-0.3, -0.25) is 14.5 Å². The molecule has 0 radical (unpaired) electrons. The van der Waals surface area contributed by atoms with Crippen molar-refractivity contribution < 1.29 is 27.6 Å². The minimum atomic E-state index is -1.89. The molecule has 2 aromatic carbocycles. The molecule has 1 saturated heterocycles. The molecule has 0 unspecified atom stereocenters. The van der Waals surface area contributed by atoms with E-state index in [2.05, 4.69) is 10.6 Å². The third kappa shape index (κ3) is 3.53. The highest BCUT2D eigenvalue weighted by Crippen LogP contribution is 2.31. The number of amides is 4. The maximum Gasteiger partial charge on any atom is 0.325 e.